The third-order valence-electron chi connectivity index (χ3n) is 5.29. The average Bonchev–Trinajstić information content (AvgIpc) is 3.16. The van der Waals surface area contributed by atoms with Crippen LogP contribution in [-0.2, 0) is 11.2 Å². The molecule has 0 spiro atoms. The number of carbonyl (C=O) groups is 1. The van der Waals surface area contributed by atoms with Crippen molar-refractivity contribution in [2.45, 2.75) is 31.7 Å². The van der Waals surface area contributed by atoms with Crippen LogP contribution in [0.4, 0.5) is 10.1 Å². The predicted molar refractivity (Wildman–Crippen MR) is 97.1 cm³/mol. The van der Waals surface area contributed by atoms with Crippen molar-refractivity contribution >= 4 is 11.6 Å². The number of anilines is 1. The molecule has 4 rings (SSSR count). The molecular formula is C21H23FN2O. The first kappa shape index (κ1) is 16.3. The summed E-state index contributed by atoms with van der Waals surface area (Å²) in [6, 6.07) is 14.5. The number of benzene rings is 2. The maximum atomic E-state index is 13.8. The topological polar surface area (TPSA) is 23.6 Å². The van der Waals surface area contributed by atoms with Crippen LogP contribution >= 0.6 is 0 Å². The van der Waals surface area contributed by atoms with E-state index in [2.05, 4.69) is 4.90 Å². The molecule has 4 heteroatoms. The van der Waals surface area contributed by atoms with Gasteiger partial charge in [-0.15, -0.1) is 0 Å². The molecule has 0 saturated carbocycles. The molecule has 1 fully saturated rings. The Labute approximate surface area is 148 Å². The fourth-order valence-corrected chi connectivity index (χ4v) is 4.07. The van der Waals surface area contributed by atoms with E-state index in [9.17, 15) is 9.18 Å². The summed E-state index contributed by atoms with van der Waals surface area (Å²) in [5.41, 5.74) is 2.84. The van der Waals surface area contributed by atoms with Crippen LogP contribution in [0.15, 0.2) is 48.5 Å². The van der Waals surface area contributed by atoms with Crippen molar-refractivity contribution < 1.29 is 9.18 Å². The zero-order valence-corrected chi connectivity index (χ0v) is 14.3. The standard InChI is InChI=1S/C21H23FN2O/c22-18-11-10-16-9-6-14-24(19(16)15-18)21(25)20(23-12-4-5-13-23)17-7-2-1-3-8-17/h1-3,7-8,10-11,15,20H,4-6,9,12-14H2. The van der Waals surface area contributed by atoms with Crippen LogP contribution in [0.3, 0.4) is 0 Å². The lowest BCUT2D eigenvalue weighted by molar-refractivity contribution is -0.123. The molecule has 1 amide bonds. The normalized spacial score (nSPS) is 18.8. The molecule has 1 unspecified atom stereocenters. The van der Waals surface area contributed by atoms with Gasteiger partial charge in [0.2, 0.25) is 5.91 Å². The minimum absolute atomic E-state index is 0.0691. The van der Waals surface area contributed by atoms with Crippen LogP contribution in [0.25, 0.3) is 0 Å². The third-order valence-corrected chi connectivity index (χ3v) is 5.29. The zero-order chi connectivity index (χ0) is 17.2. The second kappa shape index (κ2) is 6.96. The highest BCUT2D eigenvalue weighted by Crippen LogP contribution is 2.33. The summed E-state index contributed by atoms with van der Waals surface area (Å²) in [4.78, 5) is 17.6. The first-order valence-corrected chi connectivity index (χ1v) is 9.13. The van der Waals surface area contributed by atoms with Gasteiger partial charge in [-0.2, -0.15) is 0 Å². The molecule has 0 aromatic heterocycles. The maximum Gasteiger partial charge on any atom is 0.248 e. The third kappa shape index (κ3) is 3.19. The predicted octanol–water partition coefficient (Wildman–Crippen LogP) is 3.94. The Morgan fingerprint density at radius 3 is 2.48 bits per heavy atom. The van der Waals surface area contributed by atoms with E-state index in [1.165, 1.54) is 12.1 Å². The number of carbonyl (C=O) groups excluding carboxylic acids is 1. The van der Waals surface area contributed by atoms with Gasteiger partial charge >= 0.3 is 0 Å². The minimum Gasteiger partial charge on any atom is -0.310 e. The molecule has 2 aliphatic rings. The van der Waals surface area contributed by atoms with Gasteiger partial charge in [-0.1, -0.05) is 36.4 Å². The van der Waals surface area contributed by atoms with Crippen LogP contribution in [0.1, 0.15) is 36.4 Å². The SMILES string of the molecule is O=C(C(c1ccccc1)N1CCCC1)N1CCCc2ccc(F)cc21. The molecular weight excluding hydrogens is 315 g/mol. The molecule has 0 bridgehead atoms. The van der Waals surface area contributed by atoms with Crippen molar-refractivity contribution in [1.29, 1.82) is 0 Å². The monoisotopic (exact) mass is 338 g/mol. The molecule has 2 aromatic carbocycles. The van der Waals surface area contributed by atoms with Gasteiger partial charge in [0.25, 0.3) is 0 Å². The van der Waals surface area contributed by atoms with Crippen LogP contribution < -0.4 is 4.90 Å². The van der Waals surface area contributed by atoms with E-state index in [4.69, 9.17) is 0 Å². The number of aryl methyl sites for hydroxylation is 1. The molecule has 0 N–H and O–H groups in total. The van der Waals surface area contributed by atoms with Gasteiger partial charge < -0.3 is 4.90 Å². The molecule has 3 nitrogen and oxygen atoms in total. The number of fused-ring (bicyclic) bond motifs is 1. The summed E-state index contributed by atoms with van der Waals surface area (Å²) in [6.45, 7) is 2.54. The fourth-order valence-electron chi connectivity index (χ4n) is 4.07. The highest BCUT2D eigenvalue weighted by Gasteiger charge is 2.35. The second-order valence-electron chi connectivity index (χ2n) is 6.92. The van der Waals surface area contributed by atoms with Gasteiger partial charge in [0.05, 0.1) is 0 Å². The van der Waals surface area contributed by atoms with Gasteiger partial charge in [-0.3, -0.25) is 9.69 Å². The number of hydrogen-bond donors (Lipinski definition) is 0. The minimum atomic E-state index is -0.282. The van der Waals surface area contributed by atoms with Crippen molar-refractivity contribution in [3.8, 4) is 0 Å². The molecule has 130 valence electrons. The van der Waals surface area contributed by atoms with Gasteiger partial charge in [-0.05, 0) is 62.0 Å². The Bertz CT molecular complexity index is 756. The first-order valence-electron chi connectivity index (χ1n) is 9.13. The number of rotatable bonds is 3. The molecule has 0 radical (unpaired) electrons. The van der Waals surface area contributed by atoms with Crippen LogP contribution in [0.5, 0.6) is 0 Å². The van der Waals surface area contributed by atoms with Crippen molar-refractivity contribution in [2.75, 3.05) is 24.5 Å². The number of likely N-dealkylation sites (tertiary alicyclic amines) is 1. The van der Waals surface area contributed by atoms with E-state index >= 15 is 0 Å². The quantitative estimate of drug-likeness (QED) is 0.846. The van der Waals surface area contributed by atoms with Gasteiger partial charge in [0.1, 0.15) is 11.9 Å². The molecule has 25 heavy (non-hydrogen) atoms. The van der Waals surface area contributed by atoms with E-state index in [-0.39, 0.29) is 17.8 Å². The van der Waals surface area contributed by atoms with Crippen molar-refractivity contribution in [1.82, 2.24) is 4.90 Å². The number of halogens is 1. The Hall–Kier alpha value is -2.20. The van der Waals surface area contributed by atoms with Gasteiger partial charge in [-0.25, -0.2) is 4.39 Å². The van der Waals surface area contributed by atoms with Crippen molar-refractivity contribution in [3.63, 3.8) is 0 Å². The summed E-state index contributed by atoms with van der Waals surface area (Å²) in [7, 11) is 0. The van der Waals surface area contributed by atoms with Gasteiger partial charge in [0, 0.05) is 12.2 Å². The molecule has 1 atom stereocenters. The van der Waals surface area contributed by atoms with Crippen molar-refractivity contribution in [2.24, 2.45) is 0 Å². The lowest BCUT2D eigenvalue weighted by Gasteiger charge is -2.35. The van der Waals surface area contributed by atoms with Crippen LogP contribution in [0, 0.1) is 5.82 Å². The van der Waals surface area contributed by atoms with Crippen LogP contribution in [-0.4, -0.2) is 30.4 Å². The number of hydrogen-bond acceptors (Lipinski definition) is 2. The fraction of sp³-hybridized carbons (Fsp3) is 0.381. The van der Waals surface area contributed by atoms with E-state index in [1.54, 1.807) is 4.90 Å². The van der Waals surface area contributed by atoms with E-state index < -0.39 is 0 Å². The molecule has 1 saturated heterocycles. The second-order valence-corrected chi connectivity index (χ2v) is 6.92. The summed E-state index contributed by atoms with van der Waals surface area (Å²) >= 11 is 0. The number of nitrogens with zero attached hydrogens (tertiary/aromatic N) is 2. The van der Waals surface area contributed by atoms with Crippen molar-refractivity contribution in [3.05, 3.63) is 65.5 Å². The molecule has 2 aromatic rings. The maximum absolute atomic E-state index is 13.8. The first-order chi connectivity index (χ1) is 12.2. The Morgan fingerprint density at radius 2 is 1.72 bits per heavy atom. The Morgan fingerprint density at radius 1 is 0.960 bits per heavy atom. The van der Waals surface area contributed by atoms with E-state index in [0.717, 1.165) is 55.6 Å². The lowest BCUT2D eigenvalue weighted by Crippen LogP contribution is -2.44. The highest BCUT2D eigenvalue weighted by atomic mass is 19.1. The highest BCUT2D eigenvalue weighted by molar-refractivity contribution is 5.98. The average molecular weight is 338 g/mol. The molecule has 2 heterocycles. The van der Waals surface area contributed by atoms with Gasteiger partial charge in [0.15, 0.2) is 0 Å². The summed E-state index contributed by atoms with van der Waals surface area (Å²) < 4.78 is 13.8. The largest absolute Gasteiger partial charge is 0.310 e. The zero-order valence-electron chi connectivity index (χ0n) is 14.3. The Balaban J connectivity index is 1.71. The molecule has 0 aliphatic carbocycles. The van der Waals surface area contributed by atoms with E-state index in [0.29, 0.717) is 6.54 Å². The molecule has 2 aliphatic heterocycles. The van der Waals surface area contributed by atoms with Crippen LogP contribution in [0.2, 0.25) is 0 Å². The summed E-state index contributed by atoms with van der Waals surface area (Å²) in [5, 5.41) is 0. The number of amides is 1. The summed E-state index contributed by atoms with van der Waals surface area (Å²) in [6.07, 6.45) is 4.08. The Kier molecular flexibility index (Phi) is 4.53. The summed E-state index contributed by atoms with van der Waals surface area (Å²) in [5.74, 6) is -0.212. The van der Waals surface area contributed by atoms with E-state index in [1.807, 2.05) is 36.4 Å². The smallest absolute Gasteiger partial charge is 0.248 e. The lowest BCUT2D eigenvalue weighted by atomic mass is 9.98.